The molecule has 1 aliphatic rings. The van der Waals surface area contributed by atoms with E-state index in [4.69, 9.17) is 5.41 Å². The van der Waals surface area contributed by atoms with Crippen LogP contribution >= 0.6 is 0 Å². The number of carbonyl (C=O) groups excluding carboxylic acids is 1. The first-order valence-electron chi connectivity index (χ1n) is 4.97. The van der Waals surface area contributed by atoms with Crippen LogP contribution in [0.3, 0.4) is 0 Å². The Morgan fingerprint density at radius 2 is 1.88 bits per heavy atom. The Bertz CT molecular complexity index is 669. The smallest absolute Gasteiger partial charge is 0.211 e. The minimum Gasteiger partial charge on any atom is -0.297 e. The molecule has 0 radical (unpaired) electrons. The Kier molecular flexibility index (Phi) is 2.50. The van der Waals surface area contributed by atoms with Crippen LogP contribution in [0.15, 0.2) is 29.2 Å². The average Bonchev–Trinajstić information content (AvgIpc) is 2.24. The van der Waals surface area contributed by atoms with Crippen LogP contribution in [0.1, 0.15) is 22.8 Å². The van der Waals surface area contributed by atoms with Gasteiger partial charge in [-0.3, -0.25) is 10.2 Å². The number of allylic oxidation sites excluding steroid dienone is 2. The highest BCUT2D eigenvalue weighted by atomic mass is 32.2. The number of Topliss-reactive ketones (excluding diaryl/α,β-unsaturated/α-hetero) is 1. The zero-order valence-corrected chi connectivity index (χ0v) is 10.3. The molecule has 2 rings (SSSR count). The van der Waals surface area contributed by atoms with Gasteiger partial charge in [0.05, 0.1) is 4.90 Å². The molecule has 0 heterocycles. The van der Waals surface area contributed by atoms with E-state index in [2.05, 4.69) is 0 Å². The lowest BCUT2D eigenvalue weighted by atomic mass is 9.90. The van der Waals surface area contributed by atoms with E-state index in [1.165, 1.54) is 18.2 Å². The third-order valence-electron chi connectivity index (χ3n) is 2.67. The van der Waals surface area contributed by atoms with Gasteiger partial charge in [0.15, 0.2) is 9.84 Å². The topological polar surface area (TPSA) is 75.1 Å². The maximum absolute atomic E-state index is 11.8. The van der Waals surface area contributed by atoms with E-state index in [0.29, 0.717) is 11.1 Å². The van der Waals surface area contributed by atoms with Crippen LogP contribution < -0.4 is 0 Å². The minimum atomic E-state index is -3.38. The van der Waals surface area contributed by atoms with Crippen molar-refractivity contribution in [3.8, 4) is 0 Å². The molecule has 0 unspecified atom stereocenters. The summed E-state index contributed by atoms with van der Waals surface area (Å²) in [6.45, 7) is 1.70. The molecule has 0 aromatic heterocycles. The molecular weight excluding hydrogens is 238 g/mol. The molecule has 17 heavy (non-hydrogen) atoms. The van der Waals surface area contributed by atoms with Gasteiger partial charge in [-0.2, -0.15) is 0 Å². The maximum Gasteiger partial charge on any atom is 0.211 e. The number of hydrogen-bond acceptors (Lipinski definition) is 4. The molecule has 0 bridgehead atoms. The Labute approximate surface area is 99.4 Å². The second kappa shape index (κ2) is 3.63. The summed E-state index contributed by atoms with van der Waals surface area (Å²) in [6.07, 6.45) is 2.51. The summed E-state index contributed by atoms with van der Waals surface area (Å²) in [5.41, 5.74) is 1.24. The molecule has 1 aromatic carbocycles. The predicted octanol–water partition coefficient (Wildman–Crippen LogP) is 1.71. The molecule has 88 valence electrons. The van der Waals surface area contributed by atoms with Gasteiger partial charge in [0.25, 0.3) is 0 Å². The van der Waals surface area contributed by atoms with E-state index >= 15 is 0 Å². The Morgan fingerprint density at radius 1 is 1.24 bits per heavy atom. The van der Waals surface area contributed by atoms with Gasteiger partial charge in [-0.15, -0.1) is 0 Å². The molecule has 0 amide bonds. The summed E-state index contributed by atoms with van der Waals surface area (Å²) < 4.78 is 23.3. The normalized spacial score (nSPS) is 15.5. The van der Waals surface area contributed by atoms with Gasteiger partial charge >= 0.3 is 0 Å². The Hall–Kier alpha value is -1.75. The summed E-state index contributed by atoms with van der Waals surface area (Å²) in [5.74, 6) is -0.434. The van der Waals surface area contributed by atoms with Gasteiger partial charge < -0.3 is 0 Å². The summed E-state index contributed by atoms with van der Waals surface area (Å²) in [4.78, 5) is 11.9. The molecule has 5 heteroatoms. The van der Waals surface area contributed by atoms with Crippen molar-refractivity contribution in [3.05, 3.63) is 35.4 Å². The Morgan fingerprint density at radius 3 is 2.47 bits per heavy atom. The van der Waals surface area contributed by atoms with E-state index in [9.17, 15) is 13.2 Å². The lowest BCUT2D eigenvalue weighted by Crippen LogP contribution is -2.19. The predicted molar refractivity (Wildman–Crippen MR) is 65.3 cm³/mol. The fourth-order valence-corrected chi connectivity index (χ4v) is 2.90. The first-order chi connectivity index (χ1) is 7.82. The summed E-state index contributed by atoms with van der Waals surface area (Å²) in [7, 11) is -3.38. The molecule has 1 N–H and O–H groups in total. The molecule has 0 saturated heterocycles. The molecule has 0 aliphatic heterocycles. The van der Waals surface area contributed by atoms with Gasteiger partial charge in [0, 0.05) is 17.4 Å². The summed E-state index contributed by atoms with van der Waals surface area (Å²) in [6, 6.07) is 4.56. The van der Waals surface area contributed by atoms with Crippen molar-refractivity contribution in [3.63, 3.8) is 0 Å². The third-order valence-corrected chi connectivity index (χ3v) is 3.81. The van der Waals surface area contributed by atoms with Gasteiger partial charge in [-0.1, -0.05) is 12.1 Å². The van der Waals surface area contributed by atoms with Gasteiger partial charge in [-0.05, 0) is 24.6 Å². The standard InChI is InChI=1S/C12H11NO3S/c1-7-6-9(13)12(14)8-4-3-5-10(11(7)8)17(2,15)16/h3-6,13H,1-2H3. The van der Waals surface area contributed by atoms with E-state index < -0.39 is 15.6 Å². The van der Waals surface area contributed by atoms with E-state index in [0.717, 1.165) is 6.26 Å². The molecule has 0 atom stereocenters. The van der Waals surface area contributed by atoms with Crippen LogP contribution in [0.5, 0.6) is 0 Å². The average molecular weight is 249 g/mol. The van der Waals surface area contributed by atoms with Gasteiger partial charge in [0.2, 0.25) is 5.78 Å². The maximum atomic E-state index is 11.8. The van der Waals surface area contributed by atoms with E-state index in [1.54, 1.807) is 13.0 Å². The number of benzene rings is 1. The highest BCUT2D eigenvalue weighted by Gasteiger charge is 2.26. The van der Waals surface area contributed by atoms with Crippen LogP contribution in [0.25, 0.3) is 5.57 Å². The third kappa shape index (κ3) is 1.82. The quantitative estimate of drug-likeness (QED) is 0.823. The first kappa shape index (κ1) is 11.7. The SMILES string of the molecule is CC1=CC(=N)C(=O)c2cccc(S(C)(=O)=O)c21. The number of hydrogen-bond donors (Lipinski definition) is 1. The van der Waals surface area contributed by atoms with Crippen LogP contribution in [-0.4, -0.2) is 26.2 Å². The number of sulfone groups is 1. The van der Waals surface area contributed by atoms with Crippen LogP contribution in [0.2, 0.25) is 0 Å². The summed E-state index contributed by atoms with van der Waals surface area (Å²) >= 11 is 0. The fraction of sp³-hybridized carbons (Fsp3) is 0.167. The van der Waals surface area contributed by atoms with Crippen LogP contribution in [0, 0.1) is 5.41 Å². The zero-order valence-electron chi connectivity index (χ0n) is 9.44. The van der Waals surface area contributed by atoms with Crippen molar-refractivity contribution in [2.75, 3.05) is 6.26 Å². The van der Waals surface area contributed by atoms with Crippen molar-refractivity contribution in [2.45, 2.75) is 11.8 Å². The molecular formula is C12H11NO3S. The first-order valence-corrected chi connectivity index (χ1v) is 6.86. The van der Waals surface area contributed by atoms with Crippen molar-refractivity contribution in [1.82, 2.24) is 0 Å². The molecule has 1 aliphatic carbocycles. The fourth-order valence-electron chi connectivity index (χ4n) is 1.94. The van der Waals surface area contributed by atoms with Crippen molar-refractivity contribution in [2.24, 2.45) is 0 Å². The highest BCUT2D eigenvalue weighted by molar-refractivity contribution is 7.90. The highest BCUT2D eigenvalue weighted by Crippen LogP contribution is 2.30. The van der Waals surface area contributed by atoms with Crippen LogP contribution in [0.4, 0.5) is 0 Å². The molecule has 0 fully saturated rings. The second-order valence-electron chi connectivity index (χ2n) is 4.02. The van der Waals surface area contributed by atoms with E-state index in [-0.39, 0.29) is 16.2 Å². The number of fused-ring (bicyclic) bond motifs is 1. The lowest BCUT2D eigenvalue weighted by Gasteiger charge is -2.17. The van der Waals surface area contributed by atoms with Crippen molar-refractivity contribution < 1.29 is 13.2 Å². The number of rotatable bonds is 1. The molecule has 4 nitrogen and oxygen atoms in total. The van der Waals surface area contributed by atoms with Crippen LogP contribution in [-0.2, 0) is 9.84 Å². The lowest BCUT2D eigenvalue weighted by molar-refractivity contribution is 0.106. The van der Waals surface area contributed by atoms with E-state index in [1.807, 2.05) is 0 Å². The number of ketones is 1. The minimum absolute atomic E-state index is 0.111. The molecule has 0 saturated carbocycles. The largest absolute Gasteiger partial charge is 0.297 e. The number of carbonyl (C=O) groups is 1. The van der Waals surface area contributed by atoms with Gasteiger partial charge in [-0.25, -0.2) is 8.42 Å². The summed E-state index contributed by atoms with van der Waals surface area (Å²) in [5, 5.41) is 7.51. The zero-order chi connectivity index (χ0) is 12.8. The second-order valence-corrected chi connectivity index (χ2v) is 6.01. The number of nitrogens with one attached hydrogen (secondary N) is 1. The van der Waals surface area contributed by atoms with Crippen molar-refractivity contribution >= 4 is 26.9 Å². The Balaban J connectivity index is 2.87. The molecule has 1 aromatic rings. The molecule has 0 spiro atoms. The monoisotopic (exact) mass is 249 g/mol. The van der Waals surface area contributed by atoms with Crippen molar-refractivity contribution in [1.29, 1.82) is 5.41 Å². The van der Waals surface area contributed by atoms with Gasteiger partial charge in [0.1, 0.15) is 5.71 Å².